The van der Waals surface area contributed by atoms with E-state index >= 15 is 0 Å². The number of nitrogens with zero attached hydrogens (tertiary/aromatic N) is 2. The molecule has 0 saturated carbocycles. The van der Waals surface area contributed by atoms with Gasteiger partial charge in [0, 0.05) is 25.0 Å². The maximum atomic E-state index is 4.23. The first kappa shape index (κ1) is 13.0. The molecule has 0 spiro atoms. The van der Waals surface area contributed by atoms with Crippen LogP contribution >= 0.6 is 0 Å². The fourth-order valence-corrected chi connectivity index (χ4v) is 0.819. The highest BCUT2D eigenvalue weighted by molar-refractivity contribution is 5.00. The molecule has 3 nitrogen and oxygen atoms in total. The summed E-state index contributed by atoms with van der Waals surface area (Å²) in [6.45, 7) is 11.0. The Bertz CT molecular complexity index is 229. The van der Waals surface area contributed by atoms with Crippen molar-refractivity contribution < 1.29 is 0 Å². The molecule has 0 aromatic carbocycles. The molecule has 0 unspecified atom stereocenters. The van der Waals surface area contributed by atoms with Gasteiger partial charge in [-0.15, -0.1) is 0 Å². The molecule has 0 radical (unpaired) electrons. The third-order valence-corrected chi connectivity index (χ3v) is 1.53. The second-order valence-corrected chi connectivity index (χ2v) is 3.18. The summed E-state index contributed by atoms with van der Waals surface area (Å²) in [4.78, 5) is 8.38. The Kier molecular flexibility index (Phi) is 6.93. The summed E-state index contributed by atoms with van der Waals surface area (Å²) in [5.74, 6) is 0. The molecule has 0 aliphatic heterocycles. The number of hydrogen-bond acceptors (Lipinski definition) is 3. The average Bonchev–Trinajstić information content (AvgIpc) is 2.20. The summed E-state index contributed by atoms with van der Waals surface area (Å²) in [7, 11) is 0. The first-order valence-corrected chi connectivity index (χ1v) is 5.19. The van der Waals surface area contributed by atoms with E-state index in [-0.39, 0.29) is 0 Å². The molecule has 80 valence electrons. The van der Waals surface area contributed by atoms with E-state index in [0.717, 1.165) is 17.9 Å². The first-order valence-electron chi connectivity index (χ1n) is 5.19. The molecule has 1 N–H and O–H groups in total. The third kappa shape index (κ3) is 5.65. The second-order valence-electron chi connectivity index (χ2n) is 3.18. The van der Waals surface area contributed by atoms with Crippen molar-refractivity contribution in [3.63, 3.8) is 0 Å². The molecule has 1 aromatic heterocycles. The zero-order valence-electron chi connectivity index (χ0n) is 9.83. The van der Waals surface area contributed by atoms with E-state index in [1.54, 1.807) is 6.20 Å². The Labute approximate surface area is 87.0 Å². The van der Waals surface area contributed by atoms with E-state index in [2.05, 4.69) is 29.1 Å². The molecule has 1 heterocycles. The van der Waals surface area contributed by atoms with Gasteiger partial charge in [0.2, 0.25) is 0 Å². The topological polar surface area (TPSA) is 37.8 Å². The van der Waals surface area contributed by atoms with Crippen molar-refractivity contribution in [1.82, 2.24) is 15.3 Å². The molecular weight excluding hydrogens is 174 g/mol. The summed E-state index contributed by atoms with van der Waals surface area (Å²) < 4.78 is 0. The van der Waals surface area contributed by atoms with Crippen molar-refractivity contribution in [1.29, 1.82) is 0 Å². The summed E-state index contributed by atoms with van der Waals surface area (Å²) in [6, 6.07) is 0.494. The van der Waals surface area contributed by atoms with Gasteiger partial charge in [0.05, 0.1) is 11.4 Å². The normalized spacial score (nSPS) is 9.57. The van der Waals surface area contributed by atoms with Crippen molar-refractivity contribution in [2.45, 2.75) is 47.2 Å². The molecule has 0 bridgehead atoms. The summed E-state index contributed by atoms with van der Waals surface area (Å²) >= 11 is 0. The molecule has 0 fully saturated rings. The van der Waals surface area contributed by atoms with Gasteiger partial charge in [-0.2, -0.15) is 0 Å². The Morgan fingerprint density at radius 2 is 1.86 bits per heavy atom. The molecule has 0 atom stereocenters. The highest BCUT2D eigenvalue weighted by Crippen LogP contribution is 1.93. The lowest BCUT2D eigenvalue weighted by atomic mass is 10.3. The van der Waals surface area contributed by atoms with Gasteiger partial charge in [-0.05, 0) is 6.92 Å². The molecule has 3 heteroatoms. The largest absolute Gasteiger partial charge is 0.309 e. The molecule has 0 aliphatic rings. The van der Waals surface area contributed by atoms with Crippen LogP contribution in [0.5, 0.6) is 0 Å². The molecular formula is C11H21N3. The van der Waals surface area contributed by atoms with E-state index in [1.807, 2.05) is 27.0 Å². The van der Waals surface area contributed by atoms with Gasteiger partial charge in [-0.1, -0.05) is 27.7 Å². The molecule has 0 aliphatic carbocycles. The zero-order chi connectivity index (χ0) is 11.0. The van der Waals surface area contributed by atoms with Crippen LogP contribution in [0, 0.1) is 6.92 Å². The lowest BCUT2D eigenvalue weighted by molar-refractivity contribution is 0.580. The van der Waals surface area contributed by atoms with Gasteiger partial charge in [-0.3, -0.25) is 9.97 Å². The SMILES string of the molecule is CC.Cc1cnc(CNC(C)C)cn1. The monoisotopic (exact) mass is 195 g/mol. The maximum Gasteiger partial charge on any atom is 0.0724 e. The van der Waals surface area contributed by atoms with Crippen LogP contribution in [0.15, 0.2) is 12.4 Å². The van der Waals surface area contributed by atoms with Crippen LogP contribution in [0.4, 0.5) is 0 Å². The average molecular weight is 195 g/mol. The fraction of sp³-hybridized carbons (Fsp3) is 0.636. The predicted octanol–water partition coefficient (Wildman–Crippen LogP) is 2.31. The van der Waals surface area contributed by atoms with Gasteiger partial charge in [0.1, 0.15) is 0 Å². The fourth-order valence-electron chi connectivity index (χ4n) is 0.819. The van der Waals surface area contributed by atoms with Crippen molar-refractivity contribution in [2.24, 2.45) is 0 Å². The minimum atomic E-state index is 0.494. The Morgan fingerprint density at radius 3 is 2.29 bits per heavy atom. The quantitative estimate of drug-likeness (QED) is 0.804. The van der Waals surface area contributed by atoms with E-state index in [0.29, 0.717) is 6.04 Å². The second kappa shape index (κ2) is 7.44. The molecule has 1 rings (SSSR count). The van der Waals surface area contributed by atoms with Gasteiger partial charge < -0.3 is 5.32 Å². The maximum absolute atomic E-state index is 4.23. The van der Waals surface area contributed by atoms with E-state index in [4.69, 9.17) is 0 Å². The number of nitrogens with one attached hydrogen (secondary N) is 1. The highest BCUT2D eigenvalue weighted by atomic mass is 14.9. The van der Waals surface area contributed by atoms with Gasteiger partial charge in [-0.25, -0.2) is 0 Å². The lowest BCUT2D eigenvalue weighted by Crippen LogP contribution is -2.22. The summed E-state index contributed by atoms with van der Waals surface area (Å²) in [5.41, 5.74) is 1.96. The Hall–Kier alpha value is -0.960. The van der Waals surface area contributed by atoms with Crippen molar-refractivity contribution in [3.05, 3.63) is 23.8 Å². The smallest absolute Gasteiger partial charge is 0.0724 e. The van der Waals surface area contributed by atoms with E-state index in [1.165, 1.54) is 0 Å². The van der Waals surface area contributed by atoms with Crippen LogP contribution in [-0.2, 0) is 6.54 Å². The van der Waals surface area contributed by atoms with Crippen molar-refractivity contribution in [3.8, 4) is 0 Å². The first-order chi connectivity index (χ1) is 6.68. The Balaban J connectivity index is 0.000000791. The van der Waals surface area contributed by atoms with Crippen LogP contribution in [0.25, 0.3) is 0 Å². The summed E-state index contributed by atoms with van der Waals surface area (Å²) in [6.07, 6.45) is 3.60. The summed E-state index contributed by atoms with van der Waals surface area (Å²) in [5, 5.41) is 3.28. The van der Waals surface area contributed by atoms with E-state index in [9.17, 15) is 0 Å². The van der Waals surface area contributed by atoms with Crippen molar-refractivity contribution in [2.75, 3.05) is 0 Å². The minimum absolute atomic E-state index is 0.494. The van der Waals surface area contributed by atoms with Crippen LogP contribution in [0.3, 0.4) is 0 Å². The molecule has 14 heavy (non-hydrogen) atoms. The van der Waals surface area contributed by atoms with Gasteiger partial charge in [0.25, 0.3) is 0 Å². The molecule has 0 amide bonds. The number of hydrogen-bond donors (Lipinski definition) is 1. The van der Waals surface area contributed by atoms with Crippen LogP contribution < -0.4 is 5.32 Å². The third-order valence-electron chi connectivity index (χ3n) is 1.53. The Morgan fingerprint density at radius 1 is 1.21 bits per heavy atom. The van der Waals surface area contributed by atoms with Crippen molar-refractivity contribution >= 4 is 0 Å². The van der Waals surface area contributed by atoms with Gasteiger partial charge >= 0.3 is 0 Å². The predicted molar refractivity (Wildman–Crippen MR) is 60.1 cm³/mol. The standard InChI is InChI=1S/C9H15N3.C2H6/c1-7(2)10-5-9-6-11-8(3)4-12-9;1-2/h4,6-7,10H,5H2,1-3H3;1-2H3. The van der Waals surface area contributed by atoms with Crippen LogP contribution in [0.1, 0.15) is 39.1 Å². The minimum Gasteiger partial charge on any atom is -0.309 e. The van der Waals surface area contributed by atoms with Gasteiger partial charge in [0.15, 0.2) is 0 Å². The molecule has 0 saturated heterocycles. The number of rotatable bonds is 3. The van der Waals surface area contributed by atoms with E-state index < -0.39 is 0 Å². The van der Waals surface area contributed by atoms with Crippen LogP contribution in [-0.4, -0.2) is 16.0 Å². The number of aromatic nitrogens is 2. The highest BCUT2D eigenvalue weighted by Gasteiger charge is 1.95. The number of aryl methyl sites for hydroxylation is 1. The zero-order valence-corrected chi connectivity index (χ0v) is 9.83. The molecule has 1 aromatic rings. The lowest BCUT2D eigenvalue weighted by Gasteiger charge is -2.06. The van der Waals surface area contributed by atoms with Crippen LogP contribution in [0.2, 0.25) is 0 Å².